The number of nitro groups is 1. The van der Waals surface area contributed by atoms with Gasteiger partial charge in [0.15, 0.2) is 0 Å². The van der Waals surface area contributed by atoms with Crippen molar-refractivity contribution in [3.8, 4) is 0 Å². The van der Waals surface area contributed by atoms with Crippen LogP contribution in [0.25, 0.3) is 0 Å². The highest BCUT2D eigenvalue weighted by molar-refractivity contribution is 5.70. The Morgan fingerprint density at radius 3 is 2.83 bits per heavy atom. The third-order valence-electron chi connectivity index (χ3n) is 4.42. The van der Waals surface area contributed by atoms with Gasteiger partial charge in [0.2, 0.25) is 11.6 Å². The summed E-state index contributed by atoms with van der Waals surface area (Å²) in [5, 5.41) is 14.7. The van der Waals surface area contributed by atoms with Gasteiger partial charge < -0.3 is 15.0 Å². The lowest BCUT2D eigenvalue weighted by Gasteiger charge is -2.27. The Hall–Kier alpha value is -2.22. The summed E-state index contributed by atoms with van der Waals surface area (Å²) in [6, 6.07) is 0. The highest BCUT2D eigenvalue weighted by Gasteiger charge is 2.27. The Morgan fingerprint density at radius 2 is 2.12 bits per heavy atom. The molecule has 1 fully saturated rings. The number of anilines is 2. The standard InChI is InChI=1S/C16H23N5O3/c22-21(23)14-15(17-7-6-13-4-2-1-3-5-13)18-12-19-16(14)20-8-10-24-11-9-20/h4,12H,1-3,5-11H2,(H,17,18,19). The van der Waals surface area contributed by atoms with E-state index in [1.165, 1.54) is 24.7 Å². The lowest BCUT2D eigenvalue weighted by molar-refractivity contribution is -0.383. The van der Waals surface area contributed by atoms with Crippen LogP contribution < -0.4 is 10.2 Å². The highest BCUT2D eigenvalue weighted by Crippen LogP contribution is 2.32. The number of nitrogens with one attached hydrogen (secondary N) is 1. The second-order valence-electron chi connectivity index (χ2n) is 6.04. The molecular formula is C16H23N5O3. The van der Waals surface area contributed by atoms with Gasteiger partial charge >= 0.3 is 5.69 Å². The predicted molar refractivity (Wildman–Crippen MR) is 91.4 cm³/mol. The summed E-state index contributed by atoms with van der Waals surface area (Å²) in [7, 11) is 0. The lowest BCUT2D eigenvalue weighted by Crippen LogP contribution is -2.37. The fraction of sp³-hybridized carbons (Fsp3) is 0.625. The molecule has 0 atom stereocenters. The molecule has 2 aliphatic rings. The normalized spacial score (nSPS) is 18.2. The third-order valence-corrected chi connectivity index (χ3v) is 4.42. The molecule has 1 aliphatic heterocycles. The number of rotatable bonds is 6. The molecule has 0 bridgehead atoms. The smallest absolute Gasteiger partial charge is 0.353 e. The van der Waals surface area contributed by atoms with Crippen molar-refractivity contribution in [2.75, 3.05) is 43.1 Å². The Kier molecular flexibility index (Phi) is 5.58. The minimum Gasteiger partial charge on any atom is -0.378 e. The molecule has 0 radical (unpaired) electrons. The highest BCUT2D eigenvalue weighted by atomic mass is 16.6. The van der Waals surface area contributed by atoms with E-state index in [0.717, 1.165) is 19.3 Å². The number of nitrogens with zero attached hydrogens (tertiary/aromatic N) is 4. The molecule has 1 aromatic rings. The number of aromatic nitrogens is 2. The molecule has 3 rings (SSSR count). The lowest BCUT2D eigenvalue weighted by atomic mass is 9.97. The van der Waals surface area contributed by atoms with Crippen LogP contribution in [0.4, 0.5) is 17.3 Å². The summed E-state index contributed by atoms with van der Waals surface area (Å²) in [5.74, 6) is 0.672. The summed E-state index contributed by atoms with van der Waals surface area (Å²) < 4.78 is 5.31. The number of hydrogen-bond acceptors (Lipinski definition) is 7. The van der Waals surface area contributed by atoms with E-state index in [0.29, 0.717) is 44.5 Å². The number of ether oxygens (including phenoxy) is 1. The zero-order chi connectivity index (χ0) is 16.8. The summed E-state index contributed by atoms with van der Waals surface area (Å²) >= 11 is 0. The zero-order valence-corrected chi connectivity index (χ0v) is 13.7. The molecule has 0 spiro atoms. The molecule has 8 nitrogen and oxygen atoms in total. The Balaban J connectivity index is 1.71. The molecule has 1 saturated heterocycles. The van der Waals surface area contributed by atoms with Gasteiger partial charge in [0.05, 0.1) is 18.1 Å². The van der Waals surface area contributed by atoms with Crippen molar-refractivity contribution in [2.45, 2.75) is 32.1 Å². The van der Waals surface area contributed by atoms with Gasteiger partial charge in [-0.1, -0.05) is 11.6 Å². The Labute approximate surface area is 141 Å². The van der Waals surface area contributed by atoms with Gasteiger partial charge in [-0.05, 0) is 32.1 Å². The van der Waals surface area contributed by atoms with Crippen LogP contribution in [0.15, 0.2) is 18.0 Å². The van der Waals surface area contributed by atoms with Crippen LogP contribution in [0.5, 0.6) is 0 Å². The van der Waals surface area contributed by atoms with E-state index in [2.05, 4.69) is 21.4 Å². The average Bonchev–Trinajstić information content (AvgIpc) is 2.63. The van der Waals surface area contributed by atoms with E-state index in [1.807, 2.05) is 4.90 Å². The fourth-order valence-corrected chi connectivity index (χ4v) is 3.15. The maximum atomic E-state index is 11.6. The summed E-state index contributed by atoms with van der Waals surface area (Å²) in [5.41, 5.74) is 1.39. The van der Waals surface area contributed by atoms with E-state index in [1.54, 1.807) is 0 Å². The fourth-order valence-electron chi connectivity index (χ4n) is 3.15. The van der Waals surface area contributed by atoms with Crippen molar-refractivity contribution in [3.63, 3.8) is 0 Å². The average molecular weight is 333 g/mol. The second kappa shape index (κ2) is 8.05. The molecule has 8 heteroatoms. The van der Waals surface area contributed by atoms with Crippen molar-refractivity contribution >= 4 is 17.3 Å². The van der Waals surface area contributed by atoms with Crippen LogP contribution in [-0.4, -0.2) is 47.7 Å². The van der Waals surface area contributed by atoms with E-state index in [4.69, 9.17) is 4.74 Å². The second-order valence-corrected chi connectivity index (χ2v) is 6.04. The maximum absolute atomic E-state index is 11.6. The van der Waals surface area contributed by atoms with E-state index >= 15 is 0 Å². The van der Waals surface area contributed by atoms with E-state index in [9.17, 15) is 10.1 Å². The molecular weight excluding hydrogens is 310 g/mol. The molecule has 0 amide bonds. The summed E-state index contributed by atoms with van der Waals surface area (Å²) in [4.78, 5) is 21.3. The van der Waals surface area contributed by atoms with Gasteiger partial charge in [0.25, 0.3) is 0 Å². The first-order valence-electron chi connectivity index (χ1n) is 8.49. The maximum Gasteiger partial charge on any atom is 0.353 e. The molecule has 2 heterocycles. The van der Waals surface area contributed by atoms with Crippen LogP contribution in [0.2, 0.25) is 0 Å². The number of morpholine rings is 1. The van der Waals surface area contributed by atoms with Crippen molar-refractivity contribution in [3.05, 3.63) is 28.1 Å². The molecule has 1 N–H and O–H groups in total. The molecule has 130 valence electrons. The quantitative estimate of drug-likeness (QED) is 0.485. The van der Waals surface area contributed by atoms with Crippen molar-refractivity contribution in [2.24, 2.45) is 0 Å². The van der Waals surface area contributed by atoms with Crippen LogP contribution >= 0.6 is 0 Å². The minimum absolute atomic E-state index is 0.0444. The molecule has 24 heavy (non-hydrogen) atoms. The first kappa shape index (κ1) is 16.6. The van der Waals surface area contributed by atoms with Crippen LogP contribution in [-0.2, 0) is 4.74 Å². The zero-order valence-electron chi connectivity index (χ0n) is 13.7. The molecule has 1 aliphatic carbocycles. The molecule has 0 saturated carbocycles. The third kappa shape index (κ3) is 4.00. The SMILES string of the molecule is O=[N+]([O-])c1c(NCCC2=CCCCC2)ncnc1N1CCOCC1. The van der Waals surface area contributed by atoms with Crippen LogP contribution in [0.1, 0.15) is 32.1 Å². The largest absolute Gasteiger partial charge is 0.378 e. The number of hydrogen-bond donors (Lipinski definition) is 1. The first-order valence-corrected chi connectivity index (χ1v) is 8.49. The van der Waals surface area contributed by atoms with Gasteiger partial charge in [-0.15, -0.1) is 0 Å². The van der Waals surface area contributed by atoms with Crippen molar-refractivity contribution < 1.29 is 9.66 Å². The Bertz CT molecular complexity index is 614. The van der Waals surface area contributed by atoms with Gasteiger partial charge in [-0.2, -0.15) is 0 Å². The molecule has 0 unspecified atom stereocenters. The topological polar surface area (TPSA) is 93.4 Å². The van der Waals surface area contributed by atoms with E-state index < -0.39 is 4.92 Å². The minimum atomic E-state index is -0.396. The summed E-state index contributed by atoms with van der Waals surface area (Å²) in [6.07, 6.45) is 9.35. The Morgan fingerprint density at radius 1 is 1.29 bits per heavy atom. The number of allylic oxidation sites excluding steroid dienone is 1. The van der Waals surface area contributed by atoms with Gasteiger partial charge in [-0.3, -0.25) is 10.1 Å². The van der Waals surface area contributed by atoms with Gasteiger partial charge in [0.1, 0.15) is 6.33 Å². The van der Waals surface area contributed by atoms with Crippen LogP contribution in [0, 0.1) is 10.1 Å². The van der Waals surface area contributed by atoms with Crippen LogP contribution in [0.3, 0.4) is 0 Å². The summed E-state index contributed by atoms with van der Waals surface area (Å²) in [6.45, 7) is 2.96. The van der Waals surface area contributed by atoms with Gasteiger partial charge in [-0.25, -0.2) is 9.97 Å². The van der Waals surface area contributed by atoms with Gasteiger partial charge in [0, 0.05) is 19.6 Å². The predicted octanol–water partition coefficient (Wildman–Crippen LogP) is 2.52. The van der Waals surface area contributed by atoms with E-state index in [-0.39, 0.29) is 5.69 Å². The first-order chi connectivity index (χ1) is 11.8. The van der Waals surface area contributed by atoms with Crippen molar-refractivity contribution in [1.29, 1.82) is 0 Å². The molecule has 0 aromatic carbocycles. The van der Waals surface area contributed by atoms with Crippen molar-refractivity contribution in [1.82, 2.24) is 9.97 Å². The monoisotopic (exact) mass is 333 g/mol. The molecule has 1 aromatic heterocycles.